The minimum absolute atomic E-state index is 0.272. The third kappa shape index (κ3) is 2.55. The van der Waals surface area contributed by atoms with E-state index in [9.17, 15) is 4.79 Å². The molecule has 58 valence electrons. The number of carbonyl (C=O) groups excluding carboxylic acids is 1. The molecule has 0 heterocycles. The highest BCUT2D eigenvalue weighted by Crippen LogP contribution is 2.37. The zero-order valence-corrected chi connectivity index (χ0v) is 6.36. The van der Waals surface area contributed by atoms with Gasteiger partial charge in [-0.2, -0.15) is 5.26 Å². The highest BCUT2D eigenvalue weighted by atomic mass is 16.1. The van der Waals surface area contributed by atoms with Gasteiger partial charge < -0.3 is 4.79 Å². The molecule has 1 fully saturated rings. The van der Waals surface area contributed by atoms with Gasteiger partial charge in [0.05, 0.1) is 6.07 Å². The van der Waals surface area contributed by atoms with E-state index in [0.29, 0.717) is 12.3 Å². The van der Waals surface area contributed by atoms with Crippen LogP contribution < -0.4 is 0 Å². The number of carbonyl (C=O) groups is 1. The molecule has 1 saturated carbocycles. The molecule has 2 nitrogen and oxygen atoms in total. The van der Waals surface area contributed by atoms with Gasteiger partial charge in [0.15, 0.2) is 0 Å². The van der Waals surface area contributed by atoms with E-state index >= 15 is 0 Å². The summed E-state index contributed by atoms with van der Waals surface area (Å²) in [6.45, 7) is 0. The van der Waals surface area contributed by atoms with Gasteiger partial charge in [-0.05, 0) is 18.8 Å². The zero-order chi connectivity index (χ0) is 8.10. The van der Waals surface area contributed by atoms with E-state index in [0.717, 1.165) is 19.1 Å². The maximum Gasteiger partial charge on any atom is 0.123 e. The van der Waals surface area contributed by atoms with Crippen LogP contribution >= 0.6 is 0 Å². The molecule has 0 saturated heterocycles. The first-order chi connectivity index (χ1) is 5.38. The van der Waals surface area contributed by atoms with Crippen LogP contribution in [0.5, 0.6) is 0 Å². The van der Waals surface area contributed by atoms with Gasteiger partial charge in [0.1, 0.15) is 6.29 Å². The van der Waals surface area contributed by atoms with Crippen molar-refractivity contribution < 1.29 is 4.79 Å². The molecule has 11 heavy (non-hydrogen) atoms. The Morgan fingerprint density at radius 2 is 2.36 bits per heavy atom. The van der Waals surface area contributed by atoms with Crippen molar-refractivity contribution in [1.29, 1.82) is 5.26 Å². The molecule has 0 aliphatic heterocycles. The van der Waals surface area contributed by atoms with Crippen molar-refractivity contribution in [2.24, 2.45) is 11.8 Å². The number of hydrogen-bond acceptors (Lipinski definition) is 2. The molecule has 2 atom stereocenters. The summed E-state index contributed by atoms with van der Waals surface area (Å²) in [6, 6.07) is 2.07. The van der Waals surface area contributed by atoms with Gasteiger partial charge in [0, 0.05) is 12.3 Å². The van der Waals surface area contributed by atoms with Crippen LogP contribution in [0.3, 0.4) is 0 Å². The Labute approximate surface area is 66.5 Å². The van der Waals surface area contributed by atoms with Gasteiger partial charge in [-0.3, -0.25) is 0 Å². The lowest BCUT2D eigenvalue weighted by Crippen LogP contribution is -1.77. The Kier molecular flexibility index (Phi) is 2.85. The van der Waals surface area contributed by atoms with Crippen LogP contribution in [0.25, 0.3) is 0 Å². The Hall–Kier alpha value is -1.10. The summed E-state index contributed by atoms with van der Waals surface area (Å²) in [5.74, 6) is 0.750. The van der Waals surface area contributed by atoms with Crippen LogP contribution in [0, 0.1) is 23.2 Å². The van der Waals surface area contributed by atoms with Crippen LogP contribution in [0.1, 0.15) is 19.3 Å². The summed E-state index contributed by atoms with van der Waals surface area (Å²) in [6.07, 6.45) is 7.47. The normalized spacial score (nSPS) is 28.3. The molecule has 0 aromatic carbocycles. The second-order valence-electron chi connectivity index (χ2n) is 2.82. The van der Waals surface area contributed by atoms with Crippen molar-refractivity contribution in [2.45, 2.75) is 19.3 Å². The van der Waals surface area contributed by atoms with Crippen molar-refractivity contribution in [1.82, 2.24) is 0 Å². The number of rotatable bonds is 4. The first kappa shape index (κ1) is 8.00. The SMILES string of the molecule is N#CCC/C=C/C1CC1C=O. The van der Waals surface area contributed by atoms with E-state index in [-0.39, 0.29) is 5.92 Å². The summed E-state index contributed by atoms with van der Waals surface area (Å²) in [5, 5.41) is 8.21. The van der Waals surface area contributed by atoms with Crippen LogP contribution in [0.15, 0.2) is 12.2 Å². The van der Waals surface area contributed by atoms with E-state index < -0.39 is 0 Å². The predicted octanol–water partition coefficient (Wildman–Crippen LogP) is 1.68. The molecule has 1 aliphatic carbocycles. The lowest BCUT2D eigenvalue weighted by Gasteiger charge is -1.82. The molecule has 0 N–H and O–H groups in total. The van der Waals surface area contributed by atoms with E-state index in [1.807, 2.05) is 6.08 Å². The topological polar surface area (TPSA) is 40.9 Å². The van der Waals surface area contributed by atoms with E-state index in [1.165, 1.54) is 0 Å². The molecular weight excluding hydrogens is 138 g/mol. The van der Waals surface area contributed by atoms with Crippen molar-refractivity contribution in [3.8, 4) is 6.07 Å². The molecular formula is C9H11NO. The summed E-state index contributed by atoms with van der Waals surface area (Å²) >= 11 is 0. The number of nitriles is 1. The largest absolute Gasteiger partial charge is 0.303 e. The van der Waals surface area contributed by atoms with Crippen LogP contribution in [-0.4, -0.2) is 6.29 Å². The number of aldehydes is 1. The van der Waals surface area contributed by atoms with Crippen LogP contribution in [-0.2, 0) is 4.79 Å². The lowest BCUT2D eigenvalue weighted by molar-refractivity contribution is -0.109. The number of nitrogens with zero attached hydrogens (tertiary/aromatic N) is 1. The number of hydrogen-bond donors (Lipinski definition) is 0. The number of unbranched alkanes of at least 4 members (excludes halogenated alkanes) is 1. The average molecular weight is 149 g/mol. The van der Waals surface area contributed by atoms with Gasteiger partial charge in [-0.1, -0.05) is 12.2 Å². The zero-order valence-electron chi connectivity index (χ0n) is 6.36. The fourth-order valence-electron chi connectivity index (χ4n) is 1.03. The molecule has 2 heteroatoms. The van der Waals surface area contributed by atoms with Crippen molar-refractivity contribution >= 4 is 6.29 Å². The minimum Gasteiger partial charge on any atom is -0.303 e. The monoisotopic (exact) mass is 149 g/mol. The second kappa shape index (κ2) is 3.92. The standard InChI is InChI=1S/C9H11NO/c10-5-3-1-2-4-8-6-9(8)7-11/h2,4,7-9H,1,3,6H2/b4-2+. The third-order valence-corrected chi connectivity index (χ3v) is 1.87. The average Bonchev–Trinajstić information content (AvgIpc) is 2.77. The van der Waals surface area contributed by atoms with Gasteiger partial charge in [0.2, 0.25) is 0 Å². The lowest BCUT2D eigenvalue weighted by atomic mass is 10.2. The quantitative estimate of drug-likeness (QED) is 0.346. The molecule has 0 bridgehead atoms. The highest BCUT2D eigenvalue weighted by Gasteiger charge is 2.33. The van der Waals surface area contributed by atoms with Crippen LogP contribution in [0.2, 0.25) is 0 Å². The van der Waals surface area contributed by atoms with Crippen molar-refractivity contribution in [2.75, 3.05) is 0 Å². The fourth-order valence-corrected chi connectivity index (χ4v) is 1.03. The molecule has 2 unspecified atom stereocenters. The summed E-state index contributed by atoms with van der Waals surface area (Å²) in [4.78, 5) is 10.2. The summed E-state index contributed by atoms with van der Waals surface area (Å²) < 4.78 is 0. The molecule has 0 aromatic heterocycles. The predicted molar refractivity (Wildman–Crippen MR) is 41.6 cm³/mol. The first-order valence-corrected chi connectivity index (χ1v) is 3.87. The van der Waals surface area contributed by atoms with E-state index in [4.69, 9.17) is 5.26 Å². The maximum absolute atomic E-state index is 10.2. The molecule has 0 spiro atoms. The first-order valence-electron chi connectivity index (χ1n) is 3.87. The van der Waals surface area contributed by atoms with Crippen molar-refractivity contribution in [3.05, 3.63) is 12.2 Å². The number of allylic oxidation sites excluding steroid dienone is 2. The van der Waals surface area contributed by atoms with E-state index in [2.05, 4.69) is 12.1 Å². The molecule has 0 amide bonds. The fraction of sp³-hybridized carbons (Fsp3) is 0.556. The van der Waals surface area contributed by atoms with Gasteiger partial charge in [-0.25, -0.2) is 0 Å². The van der Waals surface area contributed by atoms with Gasteiger partial charge >= 0.3 is 0 Å². The van der Waals surface area contributed by atoms with Gasteiger partial charge in [0.25, 0.3) is 0 Å². The highest BCUT2D eigenvalue weighted by molar-refractivity contribution is 5.59. The van der Waals surface area contributed by atoms with Gasteiger partial charge in [-0.15, -0.1) is 0 Å². The Morgan fingerprint density at radius 1 is 1.55 bits per heavy atom. The molecule has 0 radical (unpaired) electrons. The molecule has 0 aromatic rings. The molecule has 1 rings (SSSR count). The smallest absolute Gasteiger partial charge is 0.123 e. The summed E-state index contributed by atoms with van der Waals surface area (Å²) in [7, 11) is 0. The minimum atomic E-state index is 0.272. The van der Waals surface area contributed by atoms with E-state index in [1.54, 1.807) is 0 Å². The third-order valence-electron chi connectivity index (χ3n) is 1.87. The molecule has 1 aliphatic rings. The second-order valence-corrected chi connectivity index (χ2v) is 2.82. The summed E-state index contributed by atoms with van der Waals surface area (Å²) in [5.41, 5.74) is 0. The Morgan fingerprint density at radius 3 is 2.91 bits per heavy atom. The maximum atomic E-state index is 10.2. The Balaban J connectivity index is 2.08. The van der Waals surface area contributed by atoms with Crippen LogP contribution in [0.4, 0.5) is 0 Å². The van der Waals surface area contributed by atoms with Crippen molar-refractivity contribution in [3.63, 3.8) is 0 Å². The Bertz CT molecular complexity index is 202.